The van der Waals surface area contributed by atoms with Crippen molar-refractivity contribution in [3.05, 3.63) is 65.7 Å². The van der Waals surface area contributed by atoms with Gasteiger partial charge in [-0.1, -0.05) is 42.5 Å². The Labute approximate surface area is 179 Å². The molecule has 6 nitrogen and oxygen atoms in total. The summed E-state index contributed by atoms with van der Waals surface area (Å²) < 4.78 is 0. The van der Waals surface area contributed by atoms with Gasteiger partial charge >= 0.3 is 6.03 Å². The van der Waals surface area contributed by atoms with Crippen molar-refractivity contribution in [3.63, 3.8) is 0 Å². The van der Waals surface area contributed by atoms with Crippen molar-refractivity contribution in [3.8, 4) is 0 Å². The fraction of sp³-hybridized carbons (Fsp3) is 0.417. The number of carbonyl (C=O) groups excluding carboxylic acids is 2. The molecule has 1 aliphatic heterocycles. The normalized spacial score (nSPS) is 15.1. The van der Waals surface area contributed by atoms with Crippen molar-refractivity contribution in [1.82, 2.24) is 9.80 Å². The average molecular weight is 409 g/mol. The number of benzene rings is 2. The largest absolute Gasteiger partial charge is 0.324 e. The van der Waals surface area contributed by atoms with Crippen molar-refractivity contribution >= 4 is 17.5 Å². The summed E-state index contributed by atoms with van der Waals surface area (Å²) >= 11 is 0. The molecular weight excluding hydrogens is 376 g/mol. The van der Waals surface area contributed by atoms with Crippen LogP contribution in [-0.2, 0) is 6.54 Å². The molecule has 1 saturated heterocycles. The third-order valence-electron chi connectivity index (χ3n) is 5.60. The Kier molecular flexibility index (Phi) is 6.90. The number of hydrogen-bond acceptors (Lipinski definition) is 4. The lowest BCUT2D eigenvalue weighted by Gasteiger charge is -2.43. The van der Waals surface area contributed by atoms with Crippen molar-refractivity contribution in [2.45, 2.75) is 32.9 Å². The summed E-state index contributed by atoms with van der Waals surface area (Å²) in [5.74, 6) is -0.0886. The van der Waals surface area contributed by atoms with Crippen molar-refractivity contribution < 1.29 is 9.59 Å². The maximum absolute atomic E-state index is 13.4. The highest BCUT2D eigenvalue weighted by molar-refractivity contribution is 5.97. The van der Waals surface area contributed by atoms with E-state index in [4.69, 9.17) is 5.73 Å². The Hall–Kier alpha value is -2.70. The topological polar surface area (TPSA) is 69.9 Å². The lowest BCUT2D eigenvalue weighted by molar-refractivity contribution is 0.0758. The number of ketones is 1. The van der Waals surface area contributed by atoms with E-state index in [0.29, 0.717) is 25.2 Å². The number of nitrogens with zero attached hydrogens (tertiary/aromatic N) is 3. The Morgan fingerprint density at radius 2 is 1.53 bits per heavy atom. The molecule has 3 rings (SSSR count). The zero-order chi connectivity index (χ0) is 21.7. The van der Waals surface area contributed by atoms with E-state index in [-0.39, 0.29) is 23.9 Å². The van der Waals surface area contributed by atoms with Gasteiger partial charge in [-0.05, 0) is 38.5 Å². The molecule has 0 aliphatic carbocycles. The SMILES string of the molecule is CC(C)(C)N1CCN(C(=O)N(Cc2ccc(C(=O)CN)cc2)c2ccccc2)CC1. The molecule has 0 bridgehead atoms. The van der Waals surface area contributed by atoms with Crippen molar-refractivity contribution in [2.75, 3.05) is 37.6 Å². The van der Waals surface area contributed by atoms with Crippen LogP contribution in [0.15, 0.2) is 54.6 Å². The molecule has 0 radical (unpaired) electrons. The lowest BCUT2D eigenvalue weighted by atomic mass is 10.1. The van der Waals surface area contributed by atoms with E-state index in [1.165, 1.54) is 0 Å². The van der Waals surface area contributed by atoms with Gasteiger partial charge in [0, 0.05) is 43.0 Å². The van der Waals surface area contributed by atoms with Crippen LogP contribution >= 0.6 is 0 Å². The highest BCUT2D eigenvalue weighted by Crippen LogP contribution is 2.22. The minimum atomic E-state index is -0.0886. The van der Waals surface area contributed by atoms with Gasteiger partial charge in [-0.25, -0.2) is 4.79 Å². The summed E-state index contributed by atoms with van der Waals surface area (Å²) in [5, 5.41) is 0. The van der Waals surface area contributed by atoms with E-state index < -0.39 is 0 Å². The van der Waals surface area contributed by atoms with Gasteiger partial charge in [0.1, 0.15) is 0 Å². The lowest BCUT2D eigenvalue weighted by Crippen LogP contribution is -2.57. The van der Waals surface area contributed by atoms with Crippen LogP contribution in [0.1, 0.15) is 36.7 Å². The highest BCUT2D eigenvalue weighted by Gasteiger charge is 2.30. The van der Waals surface area contributed by atoms with E-state index >= 15 is 0 Å². The highest BCUT2D eigenvalue weighted by atomic mass is 16.2. The Morgan fingerprint density at radius 1 is 0.933 bits per heavy atom. The maximum Gasteiger partial charge on any atom is 0.324 e. The van der Waals surface area contributed by atoms with Gasteiger partial charge in [-0.15, -0.1) is 0 Å². The molecule has 1 fully saturated rings. The van der Waals surface area contributed by atoms with E-state index in [9.17, 15) is 9.59 Å². The standard InChI is InChI=1S/C24H32N4O2/c1-24(2,3)27-15-13-26(14-16-27)23(30)28(21-7-5-4-6-8-21)18-19-9-11-20(12-10-19)22(29)17-25/h4-12H,13-18,25H2,1-3H3. The second-order valence-electron chi connectivity index (χ2n) is 8.67. The average Bonchev–Trinajstić information content (AvgIpc) is 2.77. The molecule has 0 spiro atoms. The van der Waals surface area contributed by atoms with Crippen LogP contribution in [0, 0.1) is 0 Å². The minimum Gasteiger partial charge on any atom is -0.324 e. The minimum absolute atomic E-state index is 0.00544. The van der Waals surface area contributed by atoms with E-state index in [1.807, 2.05) is 52.3 Å². The molecule has 160 valence electrons. The van der Waals surface area contributed by atoms with E-state index in [1.54, 1.807) is 12.1 Å². The van der Waals surface area contributed by atoms with Crippen LogP contribution in [0.25, 0.3) is 0 Å². The van der Waals surface area contributed by atoms with Crippen LogP contribution in [0.2, 0.25) is 0 Å². The molecule has 2 aromatic carbocycles. The molecular formula is C24H32N4O2. The first-order chi connectivity index (χ1) is 14.3. The number of anilines is 1. The second-order valence-corrected chi connectivity index (χ2v) is 8.67. The van der Waals surface area contributed by atoms with Gasteiger partial charge < -0.3 is 10.6 Å². The Balaban J connectivity index is 1.77. The molecule has 2 amide bonds. The molecule has 30 heavy (non-hydrogen) atoms. The molecule has 0 atom stereocenters. The number of rotatable bonds is 5. The van der Waals surface area contributed by atoms with Crippen LogP contribution in [0.5, 0.6) is 0 Å². The summed E-state index contributed by atoms with van der Waals surface area (Å²) in [7, 11) is 0. The molecule has 1 aliphatic rings. The summed E-state index contributed by atoms with van der Waals surface area (Å²) in [6.45, 7) is 10.2. The Morgan fingerprint density at radius 3 is 2.07 bits per heavy atom. The third-order valence-corrected chi connectivity index (χ3v) is 5.60. The van der Waals surface area contributed by atoms with Gasteiger partial charge in [-0.3, -0.25) is 14.6 Å². The maximum atomic E-state index is 13.4. The number of piperazine rings is 1. The summed E-state index contributed by atoms with van der Waals surface area (Å²) in [6, 6.07) is 17.1. The van der Waals surface area contributed by atoms with E-state index in [0.717, 1.165) is 24.3 Å². The quantitative estimate of drug-likeness (QED) is 0.770. The van der Waals surface area contributed by atoms with Gasteiger partial charge in [0.2, 0.25) is 0 Å². The number of para-hydroxylation sites is 1. The van der Waals surface area contributed by atoms with Crippen LogP contribution in [-0.4, -0.2) is 59.9 Å². The summed E-state index contributed by atoms with van der Waals surface area (Å²) in [6.07, 6.45) is 0. The number of amides is 2. The number of urea groups is 1. The first-order valence-electron chi connectivity index (χ1n) is 10.5. The van der Waals surface area contributed by atoms with Gasteiger partial charge in [-0.2, -0.15) is 0 Å². The zero-order valence-corrected chi connectivity index (χ0v) is 18.2. The third kappa shape index (κ3) is 5.26. The van der Waals surface area contributed by atoms with Gasteiger partial charge in [0.15, 0.2) is 5.78 Å². The molecule has 6 heteroatoms. The number of Topliss-reactive ketones (excluding diaryl/α,β-unsaturated/α-hetero) is 1. The first-order valence-corrected chi connectivity index (χ1v) is 10.5. The van der Waals surface area contributed by atoms with Crippen molar-refractivity contribution in [1.29, 1.82) is 0 Å². The molecule has 0 saturated carbocycles. The first kappa shape index (κ1) is 22.0. The zero-order valence-electron chi connectivity index (χ0n) is 18.2. The predicted molar refractivity (Wildman–Crippen MR) is 121 cm³/mol. The number of carbonyl (C=O) groups is 2. The van der Waals surface area contributed by atoms with Crippen LogP contribution in [0.4, 0.5) is 10.5 Å². The molecule has 1 heterocycles. The fourth-order valence-electron chi connectivity index (χ4n) is 3.71. The molecule has 2 aromatic rings. The van der Waals surface area contributed by atoms with E-state index in [2.05, 4.69) is 25.7 Å². The smallest absolute Gasteiger partial charge is 0.324 e. The number of hydrogen-bond donors (Lipinski definition) is 1. The fourth-order valence-corrected chi connectivity index (χ4v) is 3.71. The van der Waals surface area contributed by atoms with Crippen LogP contribution in [0.3, 0.4) is 0 Å². The van der Waals surface area contributed by atoms with Crippen molar-refractivity contribution in [2.24, 2.45) is 5.73 Å². The summed E-state index contributed by atoms with van der Waals surface area (Å²) in [5.41, 5.74) is 7.98. The number of nitrogens with two attached hydrogens (primary N) is 1. The van der Waals surface area contributed by atoms with Gasteiger partial charge in [0.05, 0.1) is 13.1 Å². The molecule has 2 N–H and O–H groups in total. The molecule has 0 aromatic heterocycles. The second kappa shape index (κ2) is 9.41. The molecule has 0 unspecified atom stereocenters. The van der Waals surface area contributed by atoms with Gasteiger partial charge in [0.25, 0.3) is 0 Å². The monoisotopic (exact) mass is 408 g/mol. The summed E-state index contributed by atoms with van der Waals surface area (Å²) in [4.78, 5) is 31.4. The van der Waals surface area contributed by atoms with Crippen LogP contribution < -0.4 is 10.6 Å². The Bertz CT molecular complexity index is 851. The predicted octanol–water partition coefficient (Wildman–Crippen LogP) is 3.37.